The molecule has 1 radical (unpaired) electrons. The Kier molecular flexibility index (Phi) is 7.23. The molecule has 0 aromatic heterocycles. The summed E-state index contributed by atoms with van der Waals surface area (Å²) < 4.78 is 0. The molecule has 0 nitrogen and oxygen atoms in total. The zero-order valence-electron chi connectivity index (χ0n) is 7.57. The summed E-state index contributed by atoms with van der Waals surface area (Å²) >= 11 is -0.826. The van der Waals surface area contributed by atoms with E-state index in [2.05, 4.69) is 44.3 Å². The van der Waals surface area contributed by atoms with Gasteiger partial charge in [-0.25, -0.2) is 0 Å². The molecule has 1 aliphatic carbocycles. The van der Waals surface area contributed by atoms with Crippen molar-refractivity contribution in [3.05, 3.63) is 29.8 Å². The average Bonchev–Trinajstić information content (AvgIpc) is 2.36. The van der Waals surface area contributed by atoms with E-state index in [0.717, 1.165) is 0 Å². The molecule has 12 heavy (non-hydrogen) atoms. The molecule has 0 N–H and O–H groups in total. The van der Waals surface area contributed by atoms with Crippen LogP contribution in [0.25, 0.3) is 0 Å². The molecule has 0 heterocycles. The van der Waals surface area contributed by atoms with E-state index in [0.29, 0.717) is 0 Å². The van der Waals surface area contributed by atoms with Crippen molar-refractivity contribution in [1.82, 2.24) is 0 Å². The molecule has 0 amide bonds. The van der Waals surface area contributed by atoms with E-state index in [1.165, 1.54) is 0 Å². The number of allylic oxidation sites excluding steroid dienone is 4. The summed E-state index contributed by atoms with van der Waals surface area (Å²) in [6.45, 7) is 7.09. The van der Waals surface area contributed by atoms with E-state index in [-0.39, 0.29) is 0 Å². The predicted octanol–water partition coefficient (Wildman–Crippen LogP) is 3.94. The van der Waals surface area contributed by atoms with Gasteiger partial charge in [-0.1, -0.05) is 43.1 Å². The molecule has 0 bridgehead atoms. The molecule has 4 heteroatoms. The first kappa shape index (κ1) is 13.2. The second kappa shape index (κ2) is 6.59. The first-order valence-corrected chi connectivity index (χ1v) is 13.5. The molecule has 0 unspecified atom stereocenters. The van der Waals surface area contributed by atoms with Crippen molar-refractivity contribution in [3.8, 4) is 0 Å². The van der Waals surface area contributed by atoms with E-state index < -0.39 is 28.9 Å². The molecule has 0 fully saturated rings. The Balaban J connectivity index is 0.000000354. The van der Waals surface area contributed by atoms with Gasteiger partial charge in [0.15, 0.2) is 0 Å². The van der Waals surface area contributed by atoms with Crippen molar-refractivity contribution in [2.75, 3.05) is 0 Å². The minimum atomic E-state index is -0.981. The van der Waals surface area contributed by atoms with Gasteiger partial charge in [0.1, 0.15) is 0 Å². The normalized spacial score (nSPS) is 14.9. The molecule has 67 valence electrons. The van der Waals surface area contributed by atoms with Gasteiger partial charge < -0.3 is 0 Å². The van der Waals surface area contributed by atoms with Crippen LogP contribution in [0.15, 0.2) is 23.4 Å². The van der Waals surface area contributed by atoms with Gasteiger partial charge in [-0.05, 0) is 0 Å². The Morgan fingerprint density at radius 1 is 1.25 bits per heavy atom. The van der Waals surface area contributed by atoms with Gasteiger partial charge >= 0.3 is 37.9 Å². The molecule has 0 aromatic rings. The summed E-state index contributed by atoms with van der Waals surface area (Å²) in [4.78, 5) is 0. The Labute approximate surface area is 94.7 Å². The van der Waals surface area contributed by atoms with Gasteiger partial charge in [0.05, 0.1) is 8.07 Å². The molecule has 1 rings (SSSR count). The van der Waals surface area contributed by atoms with Crippen LogP contribution in [0.5, 0.6) is 0 Å². The van der Waals surface area contributed by atoms with Crippen LogP contribution < -0.4 is 0 Å². The fourth-order valence-corrected chi connectivity index (χ4v) is 2.07. The second-order valence-corrected chi connectivity index (χ2v) is 12.3. The molecule has 0 saturated heterocycles. The number of rotatable bonds is 1. The Morgan fingerprint density at radius 2 is 1.75 bits per heavy atom. The van der Waals surface area contributed by atoms with Crippen LogP contribution in [-0.2, 0) is 20.8 Å². The third-order valence-electron chi connectivity index (χ3n) is 1.53. The third kappa shape index (κ3) is 5.75. The van der Waals surface area contributed by atoms with Crippen LogP contribution >= 0.6 is 17.0 Å². The summed E-state index contributed by atoms with van der Waals surface area (Å²) in [7, 11) is 8.89. The van der Waals surface area contributed by atoms with Crippen molar-refractivity contribution >= 4 is 25.1 Å². The molecular formula is C8H13Cl2SiZr. The number of hydrogen-bond donors (Lipinski definition) is 0. The molecule has 0 aromatic carbocycles. The van der Waals surface area contributed by atoms with E-state index in [1.807, 2.05) is 0 Å². The topological polar surface area (TPSA) is 0 Å². The zero-order chi connectivity index (χ0) is 9.61. The zero-order valence-corrected chi connectivity index (χ0v) is 12.5. The van der Waals surface area contributed by atoms with Gasteiger partial charge in [0, 0.05) is 6.42 Å². The van der Waals surface area contributed by atoms with Crippen LogP contribution in [0.1, 0.15) is 0 Å². The van der Waals surface area contributed by atoms with Crippen molar-refractivity contribution in [2.24, 2.45) is 0 Å². The van der Waals surface area contributed by atoms with Crippen molar-refractivity contribution in [1.29, 1.82) is 0 Å². The van der Waals surface area contributed by atoms with Crippen molar-refractivity contribution in [2.45, 2.75) is 19.6 Å². The van der Waals surface area contributed by atoms with Gasteiger partial charge in [-0.15, -0.1) is 0 Å². The summed E-state index contributed by atoms with van der Waals surface area (Å²) in [5, 5.41) is 1.56. The molecule has 1 aliphatic rings. The Morgan fingerprint density at radius 3 is 1.92 bits per heavy atom. The monoisotopic (exact) mass is 297 g/mol. The molecular weight excluding hydrogens is 286 g/mol. The summed E-state index contributed by atoms with van der Waals surface area (Å²) in [5.74, 6) is 0. The molecule has 0 saturated carbocycles. The van der Waals surface area contributed by atoms with Gasteiger partial charge in [0.25, 0.3) is 0 Å². The van der Waals surface area contributed by atoms with Crippen molar-refractivity contribution < 1.29 is 20.8 Å². The SMILES string of the molecule is C[Si](C)(C)C1=C[CH]C=C1.[Cl][Zr][Cl]. The van der Waals surface area contributed by atoms with Gasteiger partial charge in [0.2, 0.25) is 0 Å². The first-order valence-electron chi connectivity index (χ1n) is 3.71. The maximum absolute atomic E-state index is 4.93. The summed E-state index contributed by atoms with van der Waals surface area (Å²) in [6.07, 6.45) is 8.69. The van der Waals surface area contributed by atoms with E-state index in [4.69, 9.17) is 17.0 Å². The average molecular weight is 299 g/mol. The maximum atomic E-state index is 4.93. The standard InChI is InChI=1S/C8H13Si.2ClH.Zr/c1-9(2,3)8-6-4-5-7-8;;;/h4-7H,1-3H3;2*1H;/q;;;+2/p-2. The first-order chi connectivity index (χ1) is 5.52. The van der Waals surface area contributed by atoms with Crippen LogP contribution in [0.2, 0.25) is 19.6 Å². The van der Waals surface area contributed by atoms with Crippen LogP contribution in [-0.4, -0.2) is 8.07 Å². The van der Waals surface area contributed by atoms with E-state index >= 15 is 0 Å². The number of halogens is 2. The molecule has 0 atom stereocenters. The fourth-order valence-electron chi connectivity index (χ4n) is 0.874. The molecule has 0 spiro atoms. The minimum absolute atomic E-state index is 0.826. The summed E-state index contributed by atoms with van der Waals surface area (Å²) in [5.41, 5.74) is 0. The van der Waals surface area contributed by atoms with Crippen LogP contribution in [0.3, 0.4) is 0 Å². The number of hydrogen-bond acceptors (Lipinski definition) is 0. The van der Waals surface area contributed by atoms with Gasteiger partial charge in [-0.3, -0.25) is 0 Å². The third-order valence-corrected chi connectivity index (χ3v) is 3.59. The van der Waals surface area contributed by atoms with Crippen molar-refractivity contribution in [3.63, 3.8) is 0 Å². The van der Waals surface area contributed by atoms with Gasteiger partial charge in [-0.2, -0.15) is 0 Å². The summed E-state index contributed by atoms with van der Waals surface area (Å²) in [6, 6.07) is 0. The quantitative estimate of drug-likeness (QED) is 0.643. The van der Waals surface area contributed by atoms with E-state index in [9.17, 15) is 0 Å². The Bertz CT molecular complexity index is 182. The van der Waals surface area contributed by atoms with E-state index in [1.54, 1.807) is 5.20 Å². The second-order valence-electron chi connectivity index (χ2n) is 3.50. The fraction of sp³-hybridized carbons (Fsp3) is 0.375. The van der Waals surface area contributed by atoms with Crippen LogP contribution in [0.4, 0.5) is 0 Å². The Hall–Kier alpha value is 1.16. The van der Waals surface area contributed by atoms with Crippen LogP contribution in [0, 0.1) is 6.42 Å². The predicted molar refractivity (Wildman–Crippen MR) is 56.6 cm³/mol. The molecule has 0 aliphatic heterocycles.